The van der Waals surface area contributed by atoms with E-state index in [1.54, 1.807) is 19.1 Å². The third-order valence-corrected chi connectivity index (χ3v) is 5.18. The van der Waals surface area contributed by atoms with E-state index in [0.717, 1.165) is 22.2 Å². The zero-order valence-corrected chi connectivity index (χ0v) is 17.6. The number of rotatable bonds is 3. The third-order valence-electron chi connectivity index (χ3n) is 4.85. The van der Waals surface area contributed by atoms with Crippen LogP contribution in [0.5, 0.6) is 5.75 Å². The van der Waals surface area contributed by atoms with Gasteiger partial charge in [0.1, 0.15) is 5.75 Å². The Morgan fingerprint density at radius 2 is 1.86 bits per heavy atom. The number of amides is 1. The highest BCUT2D eigenvalue weighted by Gasteiger charge is 2.18. The summed E-state index contributed by atoms with van der Waals surface area (Å²) >= 11 is 6.24. The maximum absolute atomic E-state index is 12.7. The number of hydrogen-bond donors (Lipinski definition) is 2. The van der Waals surface area contributed by atoms with E-state index in [9.17, 15) is 9.90 Å². The SMILES string of the molecule is Cc1cc([C@@H](C)NC(=O)c2ccc3nc(C(C)(C)C)ccc3c2)c(Cl)cc1O. The van der Waals surface area contributed by atoms with E-state index in [4.69, 9.17) is 16.6 Å². The monoisotopic (exact) mass is 396 g/mol. The molecular weight excluding hydrogens is 372 g/mol. The fourth-order valence-electron chi connectivity index (χ4n) is 3.07. The minimum atomic E-state index is -0.295. The van der Waals surface area contributed by atoms with Gasteiger partial charge in [-0.2, -0.15) is 0 Å². The van der Waals surface area contributed by atoms with E-state index >= 15 is 0 Å². The van der Waals surface area contributed by atoms with Gasteiger partial charge in [0.2, 0.25) is 0 Å². The van der Waals surface area contributed by atoms with Gasteiger partial charge in [0.25, 0.3) is 5.91 Å². The standard InChI is InChI=1S/C23H25ClN2O2/c1-13-10-17(18(24)12-20(13)27)14(2)25-22(28)16-6-8-19-15(11-16)7-9-21(26-19)23(3,4)5/h6-12,14,27H,1-5H3,(H,25,28)/t14-/m1/s1. The molecule has 0 aliphatic heterocycles. The van der Waals surface area contributed by atoms with Gasteiger partial charge in [0, 0.05) is 27.1 Å². The van der Waals surface area contributed by atoms with E-state index in [1.807, 2.05) is 31.2 Å². The number of halogens is 1. The number of aryl methyl sites for hydroxylation is 1. The molecule has 0 unspecified atom stereocenters. The first kappa shape index (κ1) is 20.2. The van der Waals surface area contributed by atoms with E-state index in [0.29, 0.717) is 16.1 Å². The minimum absolute atomic E-state index is 0.0266. The summed E-state index contributed by atoms with van der Waals surface area (Å²) < 4.78 is 0. The molecule has 0 radical (unpaired) electrons. The largest absolute Gasteiger partial charge is 0.508 e. The smallest absolute Gasteiger partial charge is 0.251 e. The number of aromatic nitrogens is 1. The molecule has 0 spiro atoms. The Hall–Kier alpha value is -2.59. The molecule has 0 aliphatic carbocycles. The summed E-state index contributed by atoms with van der Waals surface area (Å²) in [6, 6.07) is 12.5. The number of fused-ring (bicyclic) bond motifs is 1. The van der Waals surface area contributed by atoms with Gasteiger partial charge in [0.15, 0.2) is 0 Å². The highest BCUT2D eigenvalue weighted by atomic mass is 35.5. The van der Waals surface area contributed by atoms with Crippen LogP contribution >= 0.6 is 11.6 Å². The Balaban J connectivity index is 1.84. The molecule has 4 nitrogen and oxygen atoms in total. The average molecular weight is 397 g/mol. The van der Waals surface area contributed by atoms with E-state index in [2.05, 4.69) is 26.1 Å². The number of carbonyl (C=O) groups is 1. The number of phenols is 1. The van der Waals surface area contributed by atoms with E-state index in [-0.39, 0.29) is 23.1 Å². The van der Waals surface area contributed by atoms with Gasteiger partial charge in [-0.25, -0.2) is 0 Å². The maximum Gasteiger partial charge on any atom is 0.251 e. The molecule has 5 heteroatoms. The van der Waals surface area contributed by atoms with Crippen LogP contribution in [0.25, 0.3) is 10.9 Å². The second kappa shape index (κ2) is 7.44. The van der Waals surface area contributed by atoms with Gasteiger partial charge in [-0.15, -0.1) is 0 Å². The Bertz CT molecular complexity index is 1050. The number of nitrogens with one attached hydrogen (secondary N) is 1. The van der Waals surface area contributed by atoms with Crippen molar-refractivity contribution < 1.29 is 9.90 Å². The molecule has 0 fully saturated rings. The van der Waals surface area contributed by atoms with Crippen LogP contribution in [0.2, 0.25) is 5.02 Å². The van der Waals surface area contributed by atoms with Crippen LogP contribution in [0.4, 0.5) is 0 Å². The number of pyridine rings is 1. The Morgan fingerprint density at radius 3 is 2.54 bits per heavy atom. The molecule has 3 rings (SSSR count). The molecule has 1 heterocycles. The predicted molar refractivity (Wildman–Crippen MR) is 114 cm³/mol. The fraction of sp³-hybridized carbons (Fsp3) is 0.304. The molecule has 1 atom stereocenters. The average Bonchev–Trinajstić information content (AvgIpc) is 2.62. The first-order valence-electron chi connectivity index (χ1n) is 9.27. The molecular formula is C23H25ClN2O2. The summed E-state index contributed by atoms with van der Waals surface area (Å²) in [6.45, 7) is 10.0. The molecule has 0 saturated carbocycles. The first-order valence-corrected chi connectivity index (χ1v) is 9.65. The van der Waals surface area contributed by atoms with Gasteiger partial charge < -0.3 is 10.4 Å². The van der Waals surface area contributed by atoms with Crippen molar-refractivity contribution in [3.63, 3.8) is 0 Å². The predicted octanol–water partition coefficient (Wildman–Crippen LogP) is 5.69. The number of hydrogen-bond acceptors (Lipinski definition) is 3. The van der Waals surface area contributed by atoms with Crippen LogP contribution in [-0.2, 0) is 5.41 Å². The molecule has 3 aromatic rings. The summed E-state index contributed by atoms with van der Waals surface area (Å²) in [5.74, 6) is -0.0416. The van der Waals surface area contributed by atoms with Crippen LogP contribution in [0.1, 0.15) is 60.9 Å². The van der Waals surface area contributed by atoms with Gasteiger partial charge in [-0.3, -0.25) is 9.78 Å². The quantitative estimate of drug-likeness (QED) is 0.597. The molecule has 2 aromatic carbocycles. The van der Waals surface area contributed by atoms with Crippen molar-refractivity contribution in [3.8, 4) is 5.75 Å². The van der Waals surface area contributed by atoms with Crippen LogP contribution in [0.15, 0.2) is 42.5 Å². The van der Waals surface area contributed by atoms with Crippen molar-refractivity contribution in [1.82, 2.24) is 10.3 Å². The molecule has 0 aliphatic rings. The van der Waals surface area contributed by atoms with Gasteiger partial charge in [0.05, 0.1) is 11.6 Å². The molecule has 0 bridgehead atoms. The van der Waals surface area contributed by atoms with Crippen LogP contribution in [0.3, 0.4) is 0 Å². The number of phenolic OH excluding ortho intramolecular Hbond substituents is 1. The highest BCUT2D eigenvalue weighted by molar-refractivity contribution is 6.31. The fourth-order valence-corrected chi connectivity index (χ4v) is 3.39. The summed E-state index contributed by atoms with van der Waals surface area (Å²) in [6.07, 6.45) is 0. The van der Waals surface area contributed by atoms with Crippen molar-refractivity contribution in [2.24, 2.45) is 0 Å². The summed E-state index contributed by atoms with van der Waals surface area (Å²) in [5, 5.41) is 14.1. The van der Waals surface area contributed by atoms with Crippen LogP contribution in [0, 0.1) is 6.92 Å². The number of nitrogens with zero attached hydrogens (tertiary/aromatic N) is 1. The Morgan fingerprint density at radius 1 is 1.14 bits per heavy atom. The highest BCUT2D eigenvalue weighted by Crippen LogP contribution is 2.30. The van der Waals surface area contributed by atoms with Crippen molar-refractivity contribution in [1.29, 1.82) is 0 Å². The third kappa shape index (κ3) is 4.12. The minimum Gasteiger partial charge on any atom is -0.508 e. The first-order chi connectivity index (χ1) is 13.1. The van der Waals surface area contributed by atoms with Crippen molar-refractivity contribution in [2.75, 3.05) is 0 Å². The second-order valence-corrected chi connectivity index (χ2v) is 8.62. The number of carbonyl (C=O) groups excluding carboxylic acids is 1. The van der Waals surface area contributed by atoms with Gasteiger partial charge in [-0.05, 0) is 61.4 Å². The van der Waals surface area contributed by atoms with E-state index in [1.165, 1.54) is 6.07 Å². The van der Waals surface area contributed by atoms with Gasteiger partial charge in [-0.1, -0.05) is 38.4 Å². The lowest BCUT2D eigenvalue weighted by molar-refractivity contribution is 0.0940. The van der Waals surface area contributed by atoms with Crippen molar-refractivity contribution in [2.45, 2.75) is 46.1 Å². The van der Waals surface area contributed by atoms with Crippen LogP contribution < -0.4 is 5.32 Å². The maximum atomic E-state index is 12.7. The van der Waals surface area contributed by atoms with Crippen LogP contribution in [-0.4, -0.2) is 16.0 Å². The molecule has 1 amide bonds. The summed E-state index contributed by atoms with van der Waals surface area (Å²) in [5.41, 5.74) is 3.91. The summed E-state index contributed by atoms with van der Waals surface area (Å²) in [7, 11) is 0. The molecule has 0 saturated heterocycles. The Kier molecular flexibility index (Phi) is 5.35. The van der Waals surface area contributed by atoms with Crippen molar-refractivity contribution >= 4 is 28.4 Å². The zero-order chi connectivity index (χ0) is 20.6. The lowest BCUT2D eigenvalue weighted by atomic mass is 9.91. The molecule has 146 valence electrons. The lowest BCUT2D eigenvalue weighted by Crippen LogP contribution is -2.26. The number of aromatic hydroxyl groups is 1. The topological polar surface area (TPSA) is 62.2 Å². The van der Waals surface area contributed by atoms with Crippen molar-refractivity contribution in [3.05, 3.63) is 69.9 Å². The molecule has 1 aromatic heterocycles. The second-order valence-electron chi connectivity index (χ2n) is 8.21. The molecule has 2 N–H and O–H groups in total. The Labute approximate surface area is 170 Å². The lowest BCUT2D eigenvalue weighted by Gasteiger charge is -2.19. The van der Waals surface area contributed by atoms with Gasteiger partial charge >= 0.3 is 0 Å². The normalized spacial score (nSPS) is 12.8. The molecule has 28 heavy (non-hydrogen) atoms. The summed E-state index contributed by atoms with van der Waals surface area (Å²) in [4.78, 5) is 17.4. The van der Waals surface area contributed by atoms with E-state index < -0.39 is 0 Å². The zero-order valence-electron chi connectivity index (χ0n) is 16.8. The number of benzene rings is 2.